The van der Waals surface area contributed by atoms with Gasteiger partial charge in [0.25, 0.3) is 0 Å². The van der Waals surface area contributed by atoms with E-state index in [-0.39, 0.29) is 5.41 Å². The summed E-state index contributed by atoms with van der Waals surface area (Å²) >= 11 is 3.49. The Labute approximate surface area is 109 Å². The lowest BCUT2D eigenvalue weighted by atomic mass is 9.85. The fourth-order valence-electron chi connectivity index (χ4n) is 2.15. The minimum absolute atomic E-state index is 0.108. The Bertz CT molecular complexity index is 626. The van der Waals surface area contributed by atoms with E-state index in [2.05, 4.69) is 42.8 Å². The van der Waals surface area contributed by atoms with Gasteiger partial charge >= 0.3 is 0 Å². The van der Waals surface area contributed by atoms with Crippen LogP contribution in [0.15, 0.2) is 21.0 Å². The van der Waals surface area contributed by atoms with Crippen LogP contribution < -0.4 is 0 Å². The van der Waals surface area contributed by atoms with Crippen molar-refractivity contribution in [2.24, 2.45) is 0 Å². The summed E-state index contributed by atoms with van der Waals surface area (Å²) in [6.45, 7) is 8.27. The highest BCUT2D eigenvalue weighted by Crippen LogP contribution is 2.37. The summed E-state index contributed by atoms with van der Waals surface area (Å²) in [5, 5.41) is 10.2. The van der Waals surface area contributed by atoms with E-state index in [1.54, 1.807) is 0 Å². The number of rotatable bonds is 0. The van der Waals surface area contributed by atoms with E-state index in [1.165, 1.54) is 0 Å². The molecule has 0 atom stereocenters. The number of hydrogen-bond donors (Lipinski definition) is 0. The van der Waals surface area contributed by atoms with Gasteiger partial charge in [-0.15, -0.1) is 0 Å². The zero-order valence-corrected chi connectivity index (χ0v) is 12.0. The molecule has 1 aromatic carbocycles. The molecule has 2 aromatic rings. The Morgan fingerprint density at radius 3 is 2.47 bits per heavy atom. The van der Waals surface area contributed by atoms with Gasteiger partial charge in [0.2, 0.25) is 5.76 Å². The zero-order valence-electron chi connectivity index (χ0n) is 10.4. The SMILES string of the molecule is Cc1cc(Br)cc2c(C(C)(C)C)c(C#N)oc12. The molecule has 0 amide bonds. The first kappa shape index (κ1) is 12.2. The number of hydrogen-bond acceptors (Lipinski definition) is 2. The molecule has 0 aliphatic heterocycles. The van der Waals surface area contributed by atoms with Crippen molar-refractivity contribution in [3.63, 3.8) is 0 Å². The van der Waals surface area contributed by atoms with Gasteiger partial charge in [-0.25, -0.2) is 0 Å². The molecule has 0 bridgehead atoms. The van der Waals surface area contributed by atoms with Crippen molar-refractivity contribution in [3.05, 3.63) is 33.5 Å². The van der Waals surface area contributed by atoms with E-state index >= 15 is 0 Å². The molecule has 0 saturated heterocycles. The van der Waals surface area contributed by atoms with E-state index in [9.17, 15) is 5.26 Å². The molecular formula is C14H14BrNO. The van der Waals surface area contributed by atoms with Gasteiger partial charge in [-0.2, -0.15) is 5.26 Å². The van der Waals surface area contributed by atoms with Gasteiger partial charge in [0.05, 0.1) is 0 Å². The number of aryl methyl sites for hydroxylation is 1. The molecule has 0 aliphatic rings. The van der Waals surface area contributed by atoms with Gasteiger partial charge in [0.15, 0.2) is 0 Å². The minimum Gasteiger partial charge on any atom is -0.445 e. The average molecular weight is 292 g/mol. The molecule has 0 saturated carbocycles. The van der Waals surface area contributed by atoms with E-state index in [0.717, 1.165) is 26.6 Å². The Hall–Kier alpha value is -1.27. The quantitative estimate of drug-likeness (QED) is 0.707. The molecule has 0 spiro atoms. The smallest absolute Gasteiger partial charge is 0.208 e. The summed E-state index contributed by atoms with van der Waals surface area (Å²) in [6.07, 6.45) is 0. The molecule has 17 heavy (non-hydrogen) atoms. The first-order chi connectivity index (χ1) is 7.84. The number of furan rings is 1. The predicted molar refractivity (Wildman–Crippen MR) is 72.1 cm³/mol. The van der Waals surface area contributed by atoms with Crippen LogP contribution >= 0.6 is 15.9 Å². The lowest BCUT2D eigenvalue weighted by molar-refractivity contribution is 0.545. The molecule has 2 nitrogen and oxygen atoms in total. The van der Waals surface area contributed by atoms with Crippen LogP contribution in [0.2, 0.25) is 0 Å². The second-order valence-electron chi connectivity index (χ2n) is 5.27. The fourth-order valence-corrected chi connectivity index (χ4v) is 2.72. The number of nitrogens with zero attached hydrogens (tertiary/aromatic N) is 1. The Kier molecular flexibility index (Phi) is 2.79. The zero-order chi connectivity index (χ0) is 12.8. The van der Waals surface area contributed by atoms with Crippen LogP contribution in [-0.4, -0.2) is 0 Å². The minimum atomic E-state index is -0.108. The van der Waals surface area contributed by atoms with E-state index in [0.29, 0.717) is 5.76 Å². The maximum atomic E-state index is 9.19. The molecule has 0 aliphatic carbocycles. The summed E-state index contributed by atoms with van der Waals surface area (Å²) < 4.78 is 6.69. The highest BCUT2D eigenvalue weighted by molar-refractivity contribution is 9.10. The highest BCUT2D eigenvalue weighted by atomic mass is 79.9. The van der Waals surface area contributed by atoms with Crippen LogP contribution in [0.5, 0.6) is 0 Å². The van der Waals surface area contributed by atoms with Crippen molar-refractivity contribution in [2.75, 3.05) is 0 Å². The molecule has 3 heteroatoms. The van der Waals surface area contributed by atoms with Gasteiger partial charge < -0.3 is 4.42 Å². The predicted octanol–water partition coefficient (Wildman–Crippen LogP) is 4.67. The Morgan fingerprint density at radius 1 is 1.29 bits per heavy atom. The van der Waals surface area contributed by atoms with Crippen LogP contribution in [0, 0.1) is 18.3 Å². The second-order valence-corrected chi connectivity index (χ2v) is 6.18. The van der Waals surface area contributed by atoms with Crippen LogP contribution in [0.4, 0.5) is 0 Å². The van der Waals surface area contributed by atoms with Gasteiger partial charge in [-0.1, -0.05) is 36.7 Å². The monoisotopic (exact) mass is 291 g/mol. The molecule has 88 valence electrons. The molecule has 0 radical (unpaired) electrons. The molecule has 2 rings (SSSR count). The van der Waals surface area contributed by atoms with Gasteiger partial charge in [0.1, 0.15) is 11.7 Å². The normalized spacial score (nSPS) is 11.8. The molecule has 1 heterocycles. The van der Waals surface area contributed by atoms with Crippen LogP contribution in [0.25, 0.3) is 11.0 Å². The average Bonchev–Trinajstić information content (AvgIpc) is 2.55. The maximum absolute atomic E-state index is 9.19. The standard InChI is InChI=1S/C14H14BrNO/c1-8-5-9(15)6-10-12(14(2,3)4)11(7-16)17-13(8)10/h5-6H,1-4H3. The van der Waals surface area contributed by atoms with Gasteiger partial charge in [-0.3, -0.25) is 0 Å². The third kappa shape index (κ3) is 1.98. The van der Waals surface area contributed by atoms with E-state index in [4.69, 9.17) is 4.42 Å². The second kappa shape index (κ2) is 3.89. The van der Waals surface area contributed by atoms with E-state index < -0.39 is 0 Å². The van der Waals surface area contributed by atoms with Crippen molar-refractivity contribution in [2.45, 2.75) is 33.1 Å². The number of halogens is 1. The van der Waals surface area contributed by atoms with Crippen molar-refractivity contribution in [3.8, 4) is 6.07 Å². The Balaban J connectivity index is 2.95. The summed E-state index contributed by atoms with van der Waals surface area (Å²) in [6, 6.07) is 6.18. The van der Waals surface area contributed by atoms with Crippen molar-refractivity contribution < 1.29 is 4.42 Å². The number of fused-ring (bicyclic) bond motifs is 1. The number of benzene rings is 1. The first-order valence-electron chi connectivity index (χ1n) is 5.48. The third-order valence-corrected chi connectivity index (χ3v) is 3.25. The summed E-state index contributed by atoms with van der Waals surface area (Å²) in [5.74, 6) is 0.425. The maximum Gasteiger partial charge on any atom is 0.208 e. The largest absolute Gasteiger partial charge is 0.445 e. The number of nitriles is 1. The van der Waals surface area contributed by atoms with Crippen LogP contribution in [0.1, 0.15) is 37.7 Å². The van der Waals surface area contributed by atoms with Crippen molar-refractivity contribution in [1.82, 2.24) is 0 Å². The highest BCUT2D eigenvalue weighted by Gasteiger charge is 2.26. The molecule has 0 N–H and O–H groups in total. The molecular weight excluding hydrogens is 278 g/mol. The van der Waals surface area contributed by atoms with Gasteiger partial charge in [0, 0.05) is 15.4 Å². The lowest BCUT2D eigenvalue weighted by Gasteiger charge is -2.17. The topological polar surface area (TPSA) is 36.9 Å². The van der Waals surface area contributed by atoms with Gasteiger partial charge in [-0.05, 0) is 30.0 Å². The molecule has 1 aromatic heterocycles. The van der Waals surface area contributed by atoms with Crippen molar-refractivity contribution in [1.29, 1.82) is 5.26 Å². The summed E-state index contributed by atoms with van der Waals surface area (Å²) in [7, 11) is 0. The lowest BCUT2D eigenvalue weighted by Crippen LogP contribution is -2.11. The summed E-state index contributed by atoms with van der Waals surface area (Å²) in [5.41, 5.74) is 2.74. The third-order valence-electron chi connectivity index (χ3n) is 2.79. The first-order valence-corrected chi connectivity index (χ1v) is 6.27. The summed E-state index contributed by atoms with van der Waals surface area (Å²) in [4.78, 5) is 0. The fraction of sp³-hybridized carbons (Fsp3) is 0.357. The molecule has 0 fully saturated rings. The van der Waals surface area contributed by atoms with E-state index in [1.807, 2.05) is 19.1 Å². The Morgan fingerprint density at radius 2 is 1.94 bits per heavy atom. The van der Waals surface area contributed by atoms with Crippen LogP contribution in [-0.2, 0) is 5.41 Å². The van der Waals surface area contributed by atoms with Crippen LogP contribution in [0.3, 0.4) is 0 Å². The molecule has 0 unspecified atom stereocenters. The van der Waals surface area contributed by atoms with Crippen molar-refractivity contribution >= 4 is 26.9 Å².